The van der Waals surface area contributed by atoms with Crippen LogP contribution in [-0.2, 0) is 0 Å². The zero-order valence-corrected chi connectivity index (χ0v) is 15.3. The van der Waals surface area contributed by atoms with Crippen LogP contribution in [0.3, 0.4) is 0 Å². The van der Waals surface area contributed by atoms with Gasteiger partial charge in [0.2, 0.25) is 0 Å². The van der Waals surface area contributed by atoms with Crippen LogP contribution >= 0.6 is 12.2 Å². The number of nitrogens with one attached hydrogen (secondary N) is 3. The molecule has 26 heavy (non-hydrogen) atoms. The Bertz CT molecular complexity index is 1000. The number of hydrogen-bond donors (Lipinski definition) is 4. The standard InChI is InChI=1S/C20H19N3O2S/c1-12-7-8-17(13(2)9-12)21-20(26)23-22-19(25)16-10-14-5-3-4-6-15(14)11-18(16)24/h3-11,24H,1-2H3,(H,22,25)(H2,21,23,26). The average molecular weight is 365 g/mol. The summed E-state index contributed by atoms with van der Waals surface area (Å²) in [5.41, 5.74) is 8.40. The van der Waals surface area contributed by atoms with E-state index in [-0.39, 0.29) is 16.4 Å². The van der Waals surface area contributed by atoms with E-state index in [2.05, 4.69) is 16.2 Å². The largest absolute Gasteiger partial charge is 0.507 e. The molecule has 0 aliphatic heterocycles. The summed E-state index contributed by atoms with van der Waals surface area (Å²) in [5.74, 6) is -0.561. The Labute approximate surface area is 157 Å². The first-order valence-electron chi connectivity index (χ1n) is 8.10. The minimum atomic E-state index is -0.474. The fraction of sp³-hybridized carbons (Fsp3) is 0.100. The molecule has 0 spiro atoms. The molecule has 0 atom stereocenters. The van der Waals surface area contributed by atoms with Crippen LogP contribution in [0, 0.1) is 13.8 Å². The number of fused-ring (bicyclic) bond motifs is 1. The number of hydrazine groups is 1. The molecule has 0 saturated heterocycles. The molecule has 0 bridgehead atoms. The van der Waals surface area contributed by atoms with Crippen LogP contribution in [0.2, 0.25) is 0 Å². The van der Waals surface area contributed by atoms with Crippen molar-refractivity contribution >= 4 is 39.7 Å². The van der Waals surface area contributed by atoms with Gasteiger partial charge in [-0.05, 0) is 60.6 Å². The van der Waals surface area contributed by atoms with Gasteiger partial charge in [0.15, 0.2) is 5.11 Å². The van der Waals surface area contributed by atoms with Crippen molar-refractivity contribution in [3.8, 4) is 5.75 Å². The van der Waals surface area contributed by atoms with Gasteiger partial charge in [0.25, 0.3) is 5.91 Å². The Kier molecular flexibility index (Phi) is 5.04. The van der Waals surface area contributed by atoms with Crippen molar-refractivity contribution in [2.45, 2.75) is 13.8 Å². The van der Waals surface area contributed by atoms with E-state index < -0.39 is 5.91 Å². The molecule has 0 aromatic heterocycles. The number of benzene rings is 3. The Morgan fingerprint density at radius 3 is 2.35 bits per heavy atom. The molecular weight excluding hydrogens is 346 g/mol. The molecule has 4 N–H and O–H groups in total. The van der Waals surface area contributed by atoms with E-state index in [1.165, 1.54) is 0 Å². The predicted octanol–water partition coefficient (Wildman–Crippen LogP) is 3.79. The predicted molar refractivity (Wildman–Crippen MR) is 108 cm³/mol. The van der Waals surface area contributed by atoms with E-state index in [1.807, 2.05) is 56.3 Å². The summed E-state index contributed by atoms with van der Waals surface area (Å²) in [4.78, 5) is 12.4. The average Bonchev–Trinajstić information content (AvgIpc) is 2.61. The number of hydrogen-bond acceptors (Lipinski definition) is 3. The number of carbonyl (C=O) groups excluding carboxylic acids is 1. The third-order valence-corrected chi connectivity index (χ3v) is 4.23. The number of aryl methyl sites for hydroxylation is 2. The van der Waals surface area contributed by atoms with Crippen molar-refractivity contribution in [2.75, 3.05) is 5.32 Å². The molecule has 3 aromatic rings. The van der Waals surface area contributed by atoms with Gasteiger partial charge in [-0.15, -0.1) is 0 Å². The van der Waals surface area contributed by atoms with Crippen LogP contribution in [0.1, 0.15) is 21.5 Å². The second-order valence-corrected chi connectivity index (χ2v) is 6.48. The van der Waals surface area contributed by atoms with Crippen LogP contribution < -0.4 is 16.2 Å². The van der Waals surface area contributed by atoms with E-state index >= 15 is 0 Å². The molecule has 5 nitrogen and oxygen atoms in total. The molecule has 6 heteroatoms. The highest BCUT2D eigenvalue weighted by molar-refractivity contribution is 7.80. The van der Waals surface area contributed by atoms with Gasteiger partial charge in [0, 0.05) is 5.69 Å². The summed E-state index contributed by atoms with van der Waals surface area (Å²) in [5, 5.41) is 15.1. The second kappa shape index (κ2) is 7.41. The Balaban J connectivity index is 1.66. The lowest BCUT2D eigenvalue weighted by molar-refractivity contribution is 0.0941. The smallest absolute Gasteiger partial charge is 0.273 e. The van der Waals surface area contributed by atoms with Gasteiger partial charge < -0.3 is 10.4 Å². The van der Waals surface area contributed by atoms with E-state index in [4.69, 9.17) is 12.2 Å². The van der Waals surface area contributed by atoms with Crippen LogP contribution in [0.4, 0.5) is 5.69 Å². The number of anilines is 1. The van der Waals surface area contributed by atoms with E-state index in [1.54, 1.807) is 12.1 Å². The number of aromatic hydroxyl groups is 1. The van der Waals surface area contributed by atoms with Crippen molar-refractivity contribution in [1.29, 1.82) is 0 Å². The maximum atomic E-state index is 12.4. The lowest BCUT2D eigenvalue weighted by Crippen LogP contribution is -2.43. The first kappa shape index (κ1) is 17.7. The molecule has 0 aliphatic rings. The molecule has 0 saturated carbocycles. The minimum absolute atomic E-state index is 0.0868. The van der Waals surface area contributed by atoms with E-state index in [9.17, 15) is 9.90 Å². The van der Waals surface area contributed by atoms with Gasteiger partial charge in [0.05, 0.1) is 5.56 Å². The van der Waals surface area contributed by atoms with E-state index in [0.29, 0.717) is 0 Å². The molecule has 132 valence electrons. The summed E-state index contributed by atoms with van der Waals surface area (Å²) in [6.45, 7) is 3.99. The quantitative estimate of drug-likeness (QED) is 0.411. The topological polar surface area (TPSA) is 73.4 Å². The molecule has 0 fully saturated rings. The van der Waals surface area contributed by atoms with Crippen LogP contribution in [0.15, 0.2) is 54.6 Å². The first-order chi connectivity index (χ1) is 12.4. The van der Waals surface area contributed by atoms with Crippen molar-refractivity contribution in [3.63, 3.8) is 0 Å². The molecule has 0 unspecified atom stereocenters. The second-order valence-electron chi connectivity index (χ2n) is 6.07. The summed E-state index contributed by atoms with van der Waals surface area (Å²) in [6, 6.07) is 16.7. The van der Waals surface area contributed by atoms with Crippen LogP contribution in [0.5, 0.6) is 5.75 Å². The van der Waals surface area contributed by atoms with Gasteiger partial charge in [-0.25, -0.2) is 0 Å². The van der Waals surface area contributed by atoms with E-state index in [0.717, 1.165) is 27.6 Å². The zero-order chi connectivity index (χ0) is 18.7. The van der Waals surface area contributed by atoms with Gasteiger partial charge >= 0.3 is 0 Å². The van der Waals surface area contributed by atoms with Gasteiger partial charge in [0.1, 0.15) is 5.75 Å². The van der Waals surface area contributed by atoms with Crippen molar-refractivity contribution in [2.24, 2.45) is 0 Å². The van der Waals surface area contributed by atoms with Crippen molar-refractivity contribution < 1.29 is 9.90 Å². The number of phenolic OH excluding ortho intramolecular Hbond substituents is 1. The SMILES string of the molecule is Cc1ccc(NC(=S)NNC(=O)c2cc3ccccc3cc2O)c(C)c1. The number of carbonyl (C=O) groups is 1. The third-order valence-electron chi connectivity index (χ3n) is 4.03. The number of rotatable bonds is 2. The minimum Gasteiger partial charge on any atom is -0.507 e. The Morgan fingerprint density at radius 1 is 0.962 bits per heavy atom. The maximum absolute atomic E-state index is 12.4. The fourth-order valence-corrected chi connectivity index (χ4v) is 2.86. The molecule has 0 radical (unpaired) electrons. The molecule has 0 aliphatic carbocycles. The summed E-state index contributed by atoms with van der Waals surface area (Å²) in [6.07, 6.45) is 0. The number of thiocarbonyl (C=S) groups is 1. The van der Waals surface area contributed by atoms with Crippen molar-refractivity contribution in [3.05, 3.63) is 71.3 Å². The zero-order valence-electron chi connectivity index (χ0n) is 14.5. The lowest BCUT2D eigenvalue weighted by Gasteiger charge is -2.14. The van der Waals surface area contributed by atoms with Crippen molar-refractivity contribution in [1.82, 2.24) is 10.9 Å². The first-order valence-corrected chi connectivity index (χ1v) is 8.51. The maximum Gasteiger partial charge on any atom is 0.273 e. The highest BCUT2D eigenvalue weighted by Crippen LogP contribution is 2.24. The van der Waals surface area contributed by atoms with Gasteiger partial charge in [-0.1, -0.05) is 42.0 Å². The summed E-state index contributed by atoms with van der Waals surface area (Å²) >= 11 is 5.21. The number of phenols is 1. The Morgan fingerprint density at radius 2 is 1.65 bits per heavy atom. The fourth-order valence-electron chi connectivity index (χ4n) is 2.70. The molecular formula is C20H19N3O2S. The molecule has 1 amide bonds. The molecule has 0 heterocycles. The Hall–Kier alpha value is -3.12. The van der Waals surface area contributed by atoms with Crippen LogP contribution in [-0.4, -0.2) is 16.1 Å². The third kappa shape index (κ3) is 3.92. The molecule has 3 rings (SSSR count). The highest BCUT2D eigenvalue weighted by atomic mass is 32.1. The van der Waals surface area contributed by atoms with Crippen LogP contribution in [0.25, 0.3) is 10.8 Å². The lowest BCUT2D eigenvalue weighted by atomic mass is 10.1. The summed E-state index contributed by atoms with van der Waals surface area (Å²) in [7, 11) is 0. The van der Waals surface area contributed by atoms with Gasteiger partial charge in [-0.2, -0.15) is 0 Å². The number of amides is 1. The normalized spacial score (nSPS) is 10.4. The van der Waals surface area contributed by atoms with Gasteiger partial charge in [-0.3, -0.25) is 15.6 Å². The summed E-state index contributed by atoms with van der Waals surface area (Å²) < 4.78 is 0. The monoisotopic (exact) mass is 365 g/mol. The molecule has 3 aromatic carbocycles. The highest BCUT2D eigenvalue weighted by Gasteiger charge is 2.13.